The van der Waals surface area contributed by atoms with Crippen LogP contribution in [0.3, 0.4) is 0 Å². The van der Waals surface area contributed by atoms with Crippen LogP contribution in [-0.4, -0.2) is 43.7 Å². The molecule has 5 rings (SSSR count). The number of aliphatic imine (C=N–C) groups is 2. The second-order valence-electron chi connectivity index (χ2n) is 9.69. The fourth-order valence-electron chi connectivity index (χ4n) is 4.95. The zero-order valence-corrected chi connectivity index (χ0v) is 23.0. The molecule has 1 aliphatic rings. The van der Waals surface area contributed by atoms with Gasteiger partial charge in [-0.3, -0.25) is 0 Å². The van der Waals surface area contributed by atoms with E-state index >= 15 is 4.20 Å². The van der Waals surface area contributed by atoms with Gasteiger partial charge in [0.05, 0.1) is 0 Å². The monoisotopic (exact) mass is 541 g/mol. The van der Waals surface area contributed by atoms with Gasteiger partial charge in [0, 0.05) is 0 Å². The Labute approximate surface area is 229 Å². The number of halogens is 1. The molecule has 0 bridgehead atoms. The molecular weight excluding hydrogens is 508 g/mol. The summed E-state index contributed by atoms with van der Waals surface area (Å²) >= 11 is 0. The predicted molar refractivity (Wildman–Crippen MR) is 162 cm³/mol. The zero-order chi connectivity index (χ0) is 27.3. The molecular formula is C31H33FN5OP. The van der Waals surface area contributed by atoms with Gasteiger partial charge in [-0.1, -0.05) is 0 Å². The number of benzene rings is 4. The van der Waals surface area contributed by atoms with Crippen molar-refractivity contribution in [2.24, 2.45) is 15.7 Å². The quantitative estimate of drug-likeness (QED) is 0.326. The third-order valence-corrected chi connectivity index (χ3v) is 12.2. The van der Waals surface area contributed by atoms with Gasteiger partial charge in [0.25, 0.3) is 0 Å². The van der Waals surface area contributed by atoms with E-state index < -0.39 is 13.1 Å². The molecule has 8 heteroatoms. The number of ether oxygens (including phenoxy) is 1. The molecule has 1 heterocycles. The van der Waals surface area contributed by atoms with Crippen molar-refractivity contribution in [2.45, 2.75) is 6.17 Å². The summed E-state index contributed by atoms with van der Waals surface area (Å²) in [6.45, 7) is -4.14. The molecule has 0 fully saturated rings. The molecule has 0 aliphatic carbocycles. The van der Waals surface area contributed by atoms with Crippen LogP contribution in [-0.2, 0) is 0 Å². The summed E-state index contributed by atoms with van der Waals surface area (Å²) in [6.07, 6.45) is -0.238. The van der Waals surface area contributed by atoms with E-state index in [4.69, 9.17) is 10.5 Å². The van der Waals surface area contributed by atoms with E-state index in [-0.39, 0.29) is 12.8 Å². The Kier molecular flexibility index (Phi) is 7.36. The Morgan fingerprint density at radius 3 is 1.72 bits per heavy atom. The summed E-state index contributed by atoms with van der Waals surface area (Å²) < 4.78 is 24.7. The number of nitrogens with one attached hydrogen (secondary N) is 1. The topological polar surface area (TPSA) is 75.2 Å². The molecule has 6 nitrogen and oxygen atoms in total. The first-order chi connectivity index (χ1) is 18.9. The van der Waals surface area contributed by atoms with E-state index in [1.54, 1.807) is 0 Å². The van der Waals surface area contributed by atoms with Crippen molar-refractivity contribution in [1.82, 2.24) is 10.2 Å². The summed E-state index contributed by atoms with van der Waals surface area (Å²) in [5.41, 5.74) is 6.84. The number of rotatable bonds is 8. The van der Waals surface area contributed by atoms with E-state index in [9.17, 15) is 0 Å². The summed E-state index contributed by atoms with van der Waals surface area (Å²) in [6, 6.07) is 36.2. The predicted octanol–water partition coefficient (Wildman–Crippen LogP) is 4.31. The van der Waals surface area contributed by atoms with Crippen molar-refractivity contribution >= 4 is 34.7 Å². The van der Waals surface area contributed by atoms with Crippen LogP contribution in [0.15, 0.2) is 125 Å². The van der Waals surface area contributed by atoms with Gasteiger partial charge < -0.3 is 0 Å². The molecule has 4 aromatic rings. The SMILES string of the molecule is CN(C)C1=NC(c2ccc(OCCP(F)(c3ccccc3)(c3ccccc3)c3ccccc3)cc2)N=C(N)N1. The Morgan fingerprint density at radius 1 is 0.769 bits per heavy atom. The van der Waals surface area contributed by atoms with Crippen molar-refractivity contribution in [3.63, 3.8) is 0 Å². The summed E-state index contributed by atoms with van der Waals surface area (Å²) in [4.78, 5) is 10.9. The molecule has 0 spiro atoms. The zero-order valence-electron chi connectivity index (χ0n) is 22.1. The van der Waals surface area contributed by atoms with Gasteiger partial charge in [-0.05, 0) is 0 Å². The number of nitrogens with two attached hydrogens (primary N) is 1. The fraction of sp³-hybridized carbons (Fsp3) is 0.161. The molecule has 4 aromatic carbocycles. The summed E-state index contributed by atoms with van der Waals surface area (Å²) in [7, 11) is 3.78. The van der Waals surface area contributed by atoms with Crippen LogP contribution in [0.5, 0.6) is 5.75 Å². The van der Waals surface area contributed by atoms with E-state index in [1.807, 2.05) is 134 Å². The van der Waals surface area contributed by atoms with Gasteiger partial charge in [0.2, 0.25) is 0 Å². The van der Waals surface area contributed by atoms with Gasteiger partial charge in [0.15, 0.2) is 0 Å². The first-order valence-electron chi connectivity index (χ1n) is 12.9. The van der Waals surface area contributed by atoms with Crippen molar-refractivity contribution in [1.29, 1.82) is 0 Å². The molecule has 200 valence electrons. The Bertz CT molecular complexity index is 1360. The number of nitrogens with zero attached hydrogens (tertiary/aromatic N) is 3. The first-order valence-corrected chi connectivity index (χ1v) is 15.2. The first kappa shape index (κ1) is 26.4. The van der Waals surface area contributed by atoms with E-state index in [0.717, 1.165) is 5.56 Å². The molecule has 3 N–H and O–H groups in total. The Hall–Kier alpha value is -4.22. The normalized spacial score (nSPS) is 16.2. The molecule has 39 heavy (non-hydrogen) atoms. The molecule has 0 saturated heterocycles. The molecule has 0 radical (unpaired) electrons. The minimum absolute atomic E-state index is 0.202. The van der Waals surface area contributed by atoms with Crippen LogP contribution in [0, 0.1) is 0 Å². The van der Waals surface area contributed by atoms with Gasteiger partial charge >= 0.3 is 229 Å². The molecule has 1 aliphatic heterocycles. The van der Waals surface area contributed by atoms with Crippen molar-refractivity contribution in [3.05, 3.63) is 121 Å². The minimum atomic E-state index is -4.34. The van der Waals surface area contributed by atoms with Crippen molar-refractivity contribution in [3.8, 4) is 5.75 Å². The van der Waals surface area contributed by atoms with Crippen LogP contribution >= 0.6 is 6.91 Å². The molecule has 1 unspecified atom stereocenters. The molecule has 1 atom stereocenters. The second-order valence-corrected chi connectivity index (χ2v) is 14.1. The standard InChI is InChI=1S/C31H33FN5OP/c1-37(2)31-35-29(34-30(33)36-31)24-18-20-25(21-19-24)38-22-23-39(32,26-12-6-3-7-13-26,27-14-8-4-9-15-27)28-16-10-5-11-17-28/h3-21,29H,22-23H2,1-2H3,(H3,33,34,35,36). The third-order valence-electron chi connectivity index (χ3n) is 7.01. The van der Waals surface area contributed by atoms with Crippen LogP contribution in [0.2, 0.25) is 0 Å². The number of hydrogen-bond acceptors (Lipinski definition) is 6. The van der Waals surface area contributed by atoms with Crippen LogP contribution in [0.1, 0.15) is 11.7 Å². The fourth-order valence-corrected chi connectivity index (χ4v) is 9.44. The van der Waals surface area contributed by atoms with E-state index in [2.05, 4.69) is 15.3 Å². The van der Waals surface area contributed by atoms with Gasteiger partial charge in [-0.25, -0.2) is 0 Å². The number of hydrogen-bond donors (Lipinski definition) is 2. The van der Waals surface area contributed by atoms with Crippen molar-refractivity contribution < 1.29 is 8.93 Å². The third kappa shape index (κ3) is 5.10. The van der Waals surface area contributed by atoms with E-state index in [0.29, 0.717) is 33.6 Å². The average Bonchev–Trinajstić information content (AvgIpc) is 2.98. The maximum absolute atomic E-state index is 18.5. The second kappa shape index (κ2) is 10.9. The summed E-state index contributed by atoms with van der Waals surface area (Å²) in [5.74, 6) is 1.61. The Balaban J connectivity index is 1.44. The van der Waals surface area contributed by atoms with Crippen molar-refractivity contribution in [2.75, 3.05) is 26.9 Å². The van der Waals surface area contributed by atoms with Gasteiger partial charge in [-0.2, -0.15) is 0 Å². The van der Waals surface area contributed by atoms with Crippen LogP contribution in [0.4, 0.5) is 4.20 Å². The molecule has 0 saturated carbocycles. The average molecular weight is 542 g/mol. The van der Waals surface area contributed by atoms with E-state index in [1.165, 1.54) is 0 Å². The van der Waals surface area contributed by atoms with Crippen LogP contribution in [0.25, 0.3) is 0 Å². The number of guanidine groups is 2. The maximum atomic E-state index is 18.5. The Morgan fingerprint density at radius 2 is 1.26 bits per heavy atom. The van der Waals surface area contributed by atoms with Crippen LogP contribution < -0.4 is 31.7 Å². The summed E-state index contributed by atoms with van der Waals surface area (Å²) in [5, 5.41) is 5.03. The van der Waals surface area contributed by atoms with Gasteiger partial charge in [-0.15, -0.1) is 0 Å². The molecule has 0 amide bonds. The van der Waals surface area contributed by atoms with Gasteiger partial charge in [0.1, 0.15) is 0 Å². The molecule has 0 aromatic heterocycles.